The molecule has 0 bridgehead atoms. The number of nitrogens with one attached hydrogen (secondary N) is 1. The molecule has 1 unspecified atom stereocenters. The standard InChI is InChI=1S/C20H23FN6O3/c1-5-17(26-12(2)10-18(24-26)27(29)30)20(28)22-19-13(3)23-25(14(19)4)11-15-6-8-16(21)9-7-15/h6-10,17H,5,11H2,1-4H3,(H,22,28). The predicted octanol–water partition coefficient (Wildman–Crippen LogP) is 3.69. The zero-order chi connectivity index (χ0) is 22.0. The Morgan fingerprint density at radius 2 is 1.90 bits per heavy atom. The van der Waals surface area contributed by atoms with E-state index in [0.29, 0.717) is 30.0 Å². The highest BCUT2D eigenvalue weighted by Gasteiger charge is 2.28. The monoisotopic (exact) mass is 414 g/mol. The summed E-state index contributed by atoms with van der Waals surface area (Å²) in [7, 11) is 0. The van der Waals surface area contributed by atoms with E-state index in [-0.39, 0.29) is 17.5 Å². The first-order chi connectivity index (χ1) is 14.2. The normalized spacial score (nSPS) is 12.0. The number of nitrogens with zero attached hydrogens (tertiary/aromatic N) is 5. The second-order valence-corrected chi connectivity index (χ2v) is 7.09. The third-order valence-electron chi connectivity index (χ3n) is 4.96. The molecule has 2 aromatic heterocycles. The summed E-state index contributed by atoms with van der Waals surface area (Å²) in [4.78, 5) is 23.4. The number of hydrogen-bond acceptors (Lipinski definition) is 5. The Kier molecular flexibility index (Phi) is 5.95. The lowest BCUT2D eigenvalue weighted by molar-refractivity contribution is -0.389. The highest BCUT2D eigenvalue weighted by Crippen LogP contribution is 2.24. The summed E-state index contributed by atoms with van der Waals surface area (Å²) in [5, 5.41) is 22.3. The molecule has 0 saturated heterocycles. The minimum Gasteiger partial charge on any atom is -0.358 e. The topological polar surface area (TPSA) is 108 Å². The third kappa shape index (κ3) is 4.22. The van der Waals surface area contributed by atoms with Crippen molar-refractivity contribution in [2.45, 2.75) is 46.7 Å². The molecule has 0 radical (unpaired) electrons. The van der Waals surface area contributed by atoms with E-state index in [4.69, 9.17) is 0 Å². The molecule has 10 heteroatoms. The summed E-state index contributed by atoms with van der Waals surface area (Å²) in [6.45, 7) is 7.55. The summed E-state index contributed by atoms with van der Waals surface area (Å²) in [5.41, 5.74) is 3.39. The largest absolute Gasteiger partial charge is 0.390 e. The zero-order valence-corrected chi connectivity index (χ0v) is 17.2. The van der Waals surface area contributed by atoms with Crippen molar-refractivity contribution >= 4 is 17.4 Å². The van der Waals surface area contributed by atoms with Crippen LogP contribution in [0.1, 0.15) is 42.0 Å². The molecule has 1 aromatic carbocycles. The van der Waals surface area contributed by atoms with E-state index < -0.39 is 11.0 Å². The number of halogens is 1. The maximum Gasteiger partial charge on any atom is 0.390 e. The van der Waals surface area contributed by atoms with Gasteiger partial charge in [0.1, 0.15) is 5.82 Å². The molecule has 1 N–H and O–H groups in total. The molecule has 0 saturated carbocycles. The van der Waals surface area contributed by atoms with Gasteiger partial charge in [0.05, 0.1) is 40.5 Å². The van der Waals surface area contributed by atoms with Gasteiger partial charge in [-0.1, -0.05) is 19.1 Å². The van der Waals surface area contributed by atoms with Gasteiger partial charge in [0.2, 0.25) is 0 Å². The van der Waals surface area contributed by atoms with Crippen LogP contribution in [0.4, 0.5) is 15.9 Å². The van der Waals surface area contributed by atoms with Crippen LogP contribution in [0.5, 0.6) is 0 Å². The molecule has 0 aliphatic carbocycles. The minimum absolute atomic E-state index is 0.293. The van der Waals surface area contributed by atoms with Crippen LogP contribution in [-0.2, 0) is 11.3 Å². The van der Waals surface area contributed by atoms with Gasteiger partial charge in [-0.25, -0.2) is 4.39 Å². The fourth-order valence-electron chi connectivity index (χ4n) is 3.35. The molecule has 0 aliphatic rings. The summed E-state index contributed by atoms with van der Waals surface area (Å²) >= 11 is 0. The third-order valence-corrected chi connectivity index (χ3v) is 4.96. The van der Waals surface area contributed by atoms with E-state index in [1.165, 1.54) is 22.9 Å². The first-order valence-electron chi connectivity index (χ1n) is 9.51. The van der Waals surface area contributed by atoms with Crippen LogP contribution in [-0.4, -0.2) is 30.4 Å². The molecule has 3 aromatic rings. The van der Waals surface area contributed by atoms with Crippen molar-refractivity contribution in [3.8, 4) is 0 Å². The Balaban J connectivity index is 1.82. The van der Waals surface area contributed by atoms with Gasteiger partial charge >= 0.3 is 5.82 Å². The summed E-state index contributed by atoms with van der Waals surface area (Å²) < 4.78 is 16.2. The number of aryl methyl sites for hydroxylation is 2. The molecule has 30 heavy (non-hydrogen) atoms. The molecular formula is C20H23FN6O3. The molecule has 0 aliphatic heterocycles. The Bertz CT molecular complexity index is 1090. The van der Waals surface area contributed by atoms with Crippen LogP contribution in [0.2, 0.25) is 0 Å². The molecular weight excluding hydrogens is 391 g/mol. The van der Waals surface area contributed by atoms with Crippen molar-refractivity contribution in [1.29, 1.82) is 0 Å². The van der Waals surface area contributed by atoms with Crippen LogP contribution in [0.15, 0.2) is 30.3 Å². The lowest BCUT2D eigenvalue weighted by atomic mass is 10.2. The van der Waals surface area contributed by atoms with Gasteiger partial charge < -0.3 is 15.4 Å². The number of nitro groups is 1. The van der Waals surface area contributed by atoms with Gasteiger partial charge in [0, 0.05) is 0 Å². The van der Waals surface area contributed by atoms with E-state index in [2.05, 4.69) is 15.5 Å². The summed E-state index contributed by atoms with van der Waals surface area (Å²) in [6.07, 6.45) is 0.410. The second kappa shape index (κ2) is 8.44. The van der Waals surface area contributed by atoms with Crippen LogP contribution >= 0.6 is 0 Å². The van der Waals surface area contributed by atoms with Gasteiger partial charge in [0.15, 0.2) is 6.04 Å². The molecule has 158 valence electrons. The lowest BCUT2D eigenvalue weighted by Crippen LogP contribution is -2.27. The average Bonchev–Trinajstić information content (AvgIpc) is 3.20. The van der Waals surface area contributed by atoms with E-state index >= 15 is 0 Å². The molecule has 9 nitrogen and oxygen atoms in total. The lowest BCUT2D eigenvalue weighted by Gasteiger charge is -2.14. The van der Waals surface area contributed by atoms with Gasteiger partial charge in [-0.05, 0) is 49.8 Å². The molecule has 1 amide bonds. The van der Waals surface area contributed by atoms with Crippen LogP contribution < -0.4 is 5.32 Å². The first-order valence-corrected chi connectivity index (χ1v) is 9.51. The Morgan fingerprint density at radius 1 is 1.23 bits per heavy atom. The van der Waals surface area contributed by atoms with E-state index in [9.17, 15) is 19.3 Å². The number of amides is 1. The second-order valence-electron chi connectivity index (χ2n) is 7.09. The number of carbonyl (C=O) groups excluding carboxylic acids is 1. The maximum atomic E-state index is 13.1. The van der Waals surface area contributed by atoms with Crippen LogP contribution in [0.25, 0.3) is 0 Å². The van der Waals surface area contributed by atoms with E-state index in [0.717, 1.165) is 11.3 Å². The fourth-order valence-corrected chi connectivity index (χ4v) is 3.35. The van der Waals surface area contributed by atoms with Crippen molar-refractivity contribution in [3.05, 3.63) is 68.9 Å². The number of hydrogen-bond donors (Lipinski definition) is 1. The molecule has 3 rings (SSSR count). The highest BCUT2D eigenvalue weighted by molar-refractivity contribution is 5.94. The van der Waals surface area contributed by atoms with Crippen molar-refractivity contribution in [2.24, 2.45) is 0 Å². The number of benzene rings is 1. The van der Waals surface area contributed by atoms with Gasteiger partial charge in [-0.15, -0.1) is 0 Å². The number of rotatable bonds is 7. The van der Waals surface area contributed by atoms with E-state index in [1.807, 2.05) is 13.8 Å². The Morgan fingerprint density at radius 3 is 2.47 bits per heavy atom. The van der Waals surface area contributed by atoms with Crippen LogP contribution in [0.3, 0.4) is 0 Å². The van der Waals surface area contributed by atoms with E-state index in [1.54, 1.807) is 30.7 Å². The fraction of sp³-hybridized carbons (Fsp3) is 0.350. The average molecular weight is 414 g/mol. The van der Waals surface area contributed by atoms with Gasteiger partial charge in [0.25, 0.3) is 5.91 Å². The van der Waals surface area contributed by atoms with Crippen molar-refractivity contribution in [2.75, 3.05) is 5.32 Å². The van der Waals surface area contributed by atoms with Gasteiger partial charge in [-0.3, -0.25) is 9.48 Å². The van der Waals surface area contributed by atoms with Crippen molar-refractivity contribution in [3.63, 3.8) is 0 Å². The van der Waals surface area contributed by atoms with Crippen molar-refractivity contribution < 1.29 is 14.1 Å². The Labute approximate surface area is 172 Å². The number of carbonyl (C=O) groups is 1. The predicted molar refractivity (Wildman–Crippen MR) is 109 cm³/mol. The SMILES string of the molecule is CCC(C(=O)Nc1c(C)nn(Cc2ccc(F)cc2)c1C)n1nc([N+](=O)[O-])cc1C. The number of anilines is 1. The first kappa shape index (κ1) is 21.2. The molecule has 0 fully saturated rings. The summed E-state index contributed by atoms with van der Waals surface area (Å²) in [6, 6.07) is 6.79. The highest BCUT2D eigenvalue weighted by atomic mass is 19.1. The number of aromatic nitrogens is 4. The van der Waals surface area contributed by atoms with Gasteiger partial charge in [-0.2, -0.15) is 9.78 Å². The summed E-state index contributed by atoms with van der Waals surface area (Å²) in [5.74, 6) is -0.927. The maximum absolute atomic E-state index is 13.1. The Hall–Kier alpha value is -3.56. The van der Waals surface area contributed by atoms with Crippen molar-refractivity contribution in [1.82, 2.24) is 19.6 Å². The molecule has 1 atom stereocenters. The zero-order valence-electron chi connectivity index (χ0n) is 17.2. The smallest absolute Gasteiger partial charge is 0.358 e. The quantitative estimate of drug-likeness (QED) is 0.469. The minimum atomic E-state index is -0.696. The van der Waals surface area contributed by atoms with Crippen LogP contribution in [0, 0.1) is 36.7 Å². The molecule has 0 spiro atoms. The molecule has 2 heterocycles.